The van der Waals surface area contributed by atoms with Crippen molar-refractivity contribution >= 4 is 11.7 Å². The molecule has 1 aromatic rings. The molecule has 0 radical (unpaired) electrons. The average molecular weight is 357 g/mol. The molecule has 1 aliphatic rings. The zero-order valence-electron chi connectivity index (χ0n) is 14.5. The third kappa shape index (κ3) is 3.67. The highest BCUT2D eigenvalue weighted by Crippen LogP contribution is 2.41. The van der Waals surface area contributed by atoms with Gasteiger partial charge in [0, 0.05) is 18.6 Å². The summed E-state index contributed by atoms with van der Waals surface area (Å²) in [6, 6.07) is 7.62. The van der Waals surface area contributed by atoms with Gasteiger partial charge in [0.2, 0.25) is 5.88 Å². The van der Waals surface area contributed by atoms with Crippen LogP contribution in [0.2, 0.25) is 0 Å². The molecule has 136 valence electrons. The van der Waals surface area contributed by atoms with Crippen molar-refractivity contribution in [1.29, 1.82) is 5.26 Å². The maximum Gasteiger partial charge on any atom is 0.338 e. The molecule has 1 aliphatic heterocycles. The van der Waals surface area contributed by atoms with Gasteiger partial charge in [0.25, 0.3) is 5.69 Å². The number of nitrogens with zero attached hydrogens (tertiary/aromatic N) is 2. The van der Waals surface area contributed by atoms with Crippen molar-refractivity contribution in [2.75, 3.05) is 6.61 Å². The molecule has 0 unspecified atom stereocenters. The standard InChI is InChI=1S/C18H19N3O5/c1-3-5-14-16(18(22)25-4-2)15(13(10-19)17(20)26-14)11-6-8-12(9-7-11)21(23)24/h6-9,15H,3-5,20H2,1-2H3/t15-/m0/s1. The number of nitriles is 1. The van der Waals surface area contributed by atoms with Crippen molar-refractivity contribution in [3.05, 3.63) is 62.7 Å². The number of carbonyl (C=O) groups is 1. The van der Waals surface area contributed by atoms with Crippen molar-refractivity contribution in [2.24, 2.45) is 5.73 Å². The lowest BCUT2D eigenvalue weighted by molar-refractivity contribution is -0.384. The SMILES string of the molecule is CCCC1=C(C(=O)OCC)[C@@H](c2ccc([N+](=O)[O-])cc2)C(C#N)=C(N)O1. The number of hydrogen-bond donors (Lipinski definition) is 1. The van der Waals surface area contributed by atoms with Crippen LogP contribution in [0.5, 0.6) is 0 Å². The topological polar surface area (TPSA) is 128 Å². The zero-order valence-corrected chi connectivity index (χ0v) is 14.5. The smallest absolute Gasteiger partial charge is 0.338 e. The van der Waals surface area contributed by atoms with Gasteiger partial charge in [-0.2, -0.15) is 5.26 Å². The average Bonchev–Trinajstić information content (AvgIpc) is 2.61. The highest BCUT2D eigenvalue weighted by molar-refractivity contribution is 5.92. The van der Waals surface area contributed by atoms with Gasteiger partial charge < -0.3 is 15.2 Å². The van der Waals surface area contributed by atoms with Gasteiger partial charge in [0.05, 0.1) is 23.0 Å². The Morgan fingerprint density at radius 1 is 1.38 bits per heavy atom. The van der Waals surface area contributed by atoms with Crippen LogP contribution in [-0.2, 0) is 14.3 Å². The number of benzene rings is 1. The zero-order chi connectivity index (χ0) is 19.3. The third-order valence-corrected chi connectivity index (χ3v) is 3.91. The normalized spacial score (nSPS) is 16.7. The van der Waals surface area contributed by atoms with Crippen LogP contribution in [0, 0.1) is 21.4 Å². The Labute approximate surface area is 150 Å². The van der Waals surface area contributed by atoms with E-state index in [9.17, 15) is 20.2 Å². The Balaban J connectivity index is 2.63. The molecule has 1 heterocycles. The molecule has 0 fully saturated rings. The number of nitrogens with two attached hydrogens (primary N) is 1. The van der Waals surface area contributed by atoms with Gasteiger partial charge in [-0.15, -0.1) is 0 Å². The van der Waals surface area contributed by atoms with E-state index >= 15 is 0 Å². The fraction of sp³-hybridized carbons (Fsp3) is 0.333. The number of nitro benzene ring substituents is 1. The second kappa shape index (κ2) is 8.16. The predicted octanol–water partition coefficient (Wildman–Crippen LogP) is 3.02. The Bertz CT molecular complexity index is 818. The van der Waals surface area contributed by atoms with E-state index in [1.807, 2.05) is 13.0 Å². The highest BCUT2D eigenvalue weighted by Gasteiger charge is 2.37. The number of rotatable bonds is 6. The van der Waals surface area contributed by atoms with Gasteiger partial charge in [-0.25, -0.2) is 4.79 Å². The summed E-state index contributed by atoms with van der Waals surface area (Å²) in [5, 5.41) is 20.4. The molecule has 1 aromatic carbocycles. The first-order valence-electron chi connectivity index (χ1n) is 8.16. The second-order valence-corrected chi connectivity index (χ2v) is 5.58. The van der Waals surface area contributed by atoms with Crippen LogP contribution in [0.4, 0.5) is 5.69 Å². The monoisotopic (exact) mass is 357 g/mol. The van der Waals surface area contributed by atoms with Crippen LogP contribution >= 0.6 is 0 Å². The molecule has 0 aliphatic carbocycles. The molecule has 0 bridgehead atoms. The highest BCUT2D eigenvalue weighted by atomic mass is 16.6. The molecule has 0 aromatic heterocycles. The van der Waals surface area contributed by atoms with E-state index in [0.717, 1.165) is 0 Å². The summed E-state index contributed by atoms with van der Waals surface area (Å²) in [5.74, 6) is -1.12. The van der Waals surface area contributed by atoms with E-state index < -0.39 is 16.8 Å². The number of carbonyl (C=O) groups excluding carboxylic acids is 1. The number of esters is 1. The van der Waals surface area contributed by atoms with Crippen molar-refractivity contribution in [3.8, 4) is 6.07 Å². The number of hydrogen-bond acceptors (Lipinski definition) is 7. The second-order valence-electron chi connectivity index (χ2n) is 5.58. The van der Waals surface area contributed by atoms with Gasteiger partial charge in [-0.3, -0.25) is 10.1 Å². The third-order valence-electron chi connectivity index (χ3n) is 3.91. The summed E-state index contributed by atoms with van der Waals surface area (Å²) >= 11 is 0. The van der Waals surface area contributed by atoms with Gasteiger partial charge in [-0.05, 0) is 18.9 Å². The molecule has 8 nitrogen and oxygen atoms in total. The number of nitro groups is 1. The lowest BCUT2D eigenvalue weighted by Gasteiger charge is -2.28. The summed E-state index contributed by atoms with van der Waals surface area (Å²) in [6.07, 6.45) is 1.14. The quantitative estimate of drug-likeness (QED) is 0.470. The molecule has 1 atom stereocenters. The van der Waals surface area contributed by atoms with Crippen LogP contribution in [0.3, 0.4) is 0 Å². The van der Waals surface area contributed by atoms with E-state index in [0.29, 0.717) is 24.2 Å². The van der Waals surface area contributed by atoms with Crippen molar-refractivity contribution < 1.29 is 19.2 Å². The Morgan fingerprint density at radius 2 is 2.04 bits per heavy atom. The Kier molecular flexibility index (Phi) is 5.96. The fourth-order valence-electron chi connectivity index (χ4n) is 2.79. The first kappa shape index (κ1) is 19.0. The minimum atomic E-state index is -0.796. The van der Waals surface area contributed by atoms with Crippen LogP contribution in [-0.4, -0.2) is 17.5 Å². The summed E-state index contributed by atoms with van der Waals surface area (Å²) in [7, 11) is 0. The lowest BCUT2D eigenvalue weighted by Crippen LogP contribution is -2.26. The summed E-state index contributed by atoms with van der Waals surface area (Å²) < 4.78 is 10.7. The molecular weight excluding hydrogens is 338 g/mol. The summed E-state index contributed by atoms with van der Waals surface area (Å²) in [6.45, 7) is 3.76. The molecule has 0 saturated heterocycles. The molecule has 26 heavy (non-hydrogen) atoms. The summed E-state index contributed by atoms with van der Waals surface area (Å²) in [5.41, 5.74) is 6.60. The molecular formula is C18H19N3O5. The fourth-order valence-corrected chi connectivity index (χ4v) is 2.79. The van der Waals surface area contributed by atoms with Gasteiger partial charge in [0.1, 0.15) is 17.4 Å². The van der Waals surface area contributed by atoms with E-state index in [2.05, 4.69) is 0 Å². The number of allylic oxidation sites excluding steroid dienone is 2. The number of non-ortho nitro benzene ring substituents is 1. The first-order chi connectivity index (χ1) is 12.4. The Morgan fingerprint density at radius 3 is 2.54 bits per heavy atom. The van der Waals surface area contributed by atoms with Crippen LogP contribution in [0.25, 0.3) is 0 Å². The van der Waals surface area contributed by atoms with Gasteiger partial charge in [0.15, 0.2) is 0 Å². The minimum Gasteiger partial charge on any atom is -0.463 e. The molecule has 0 saturated carbocycles. The Hall–Kier alpha value is -3.34. The largest absolute Gasteiger partial charge is 0.463 e. The maximum atomic E-state index is 12.6. The maximum absolute atomic E-state index is 12.6. The molecule has 2 N–H and O–H groups in total. The molecule has 0 spiro atoms. The predicted molar refractivity (Wildman–Crippen MR) is 92.3 cm³/mol. The minimum absolute atomic E-state index is 0.0711. The van der Waals surface area contributed by atoms with Crippen molar-refractivity contribution in [1.82, 2.24) is 0 Å². The molecule has 0 amide bonds. The number of ether oxygens (including phenoxy) is 2. The van der Waals surface area contributed by atoms with E-state index in [4.69, 9.17) is 15.2 Å². The van der Waals surface area contributed by atoms with Gasteiger partial charge in [-0.1, -0.05) is 19.1 Å². The van der Waals surface area contributed by atoms with E-state index in [1.54, 1.807) is 6.92 Å². The van der Waals surface area contributed by atoms with Crippen LogP contribution < -0.4 is 5.73 Å². The van der Waals surface area contributed by atoms with E-state index in [1.165, 1.54) is 24.3 Å². The van der Waals surface area contributed by atoms with Crippen LogP contribution in [0.15, 0.2) is 47.1 Å². The van der Waals surface area contributed by atoms with Crippen molar-refractivity contribution in [3.63, 3.8) is 0 Å². The van der Waals surface area contributed by atoms with E-state index in [-0.39, 0.29) is 29.3 Å². The van der Waals surface area contributed by atoms with Crippen LogP contribution in [0.1, 0.15) is 38.2 Å². The van der Waals surface area contributed by atoms with Gasteiger partial charge >= 0.3 is 5.97 Å². The van der Waals surface area contributed by atoms with Crippen molar-refractivity contribution in [2.45, 2.75) is 32.6 Å². The molecule has 8 heteroatoms. The first-order valence-corrected chi connectivity index (χ1v) is 8.16. The summed E-state index contributed by atoms with van der Waals surface area (Å²) in [4.78, 5) is 22.9. The lowest BCUT2D eigenvalue weighted by atomic mass is 9.82. The molecule has 2 rings (SSSR count).